The monoisotopic (exact) mass is 290 g/mol. The Hall–Kier alpha value is -2.50. The third-order valence-corrected chi connectivity index (χ3v) is 3.25. The zero-order chi connectivity index (χ0) is 15.4. The number of ether oxygens (including phenoxy) is 1. The minimum Gasteiger partial charge on any atom is -0.481 e. The third-order valence-electron chi connectivity index (χ3n) is 3.25. The fourth-order valence-electron chi connectivity index (χ4n) is 2.16. The van der Waals surface area contributed by atoms with Crippen LogP contribution in [-0.4, -0.2) is 28.2 Å². The van der Waals surface area contributed by atoms with Crippen molar-refractivity contribution >= 4 is 5.97 Å². The van der Waals surface area contributed by atoms with Crippen molar-refractivity contribution < 1.29 is 19.0 Å². The van der Waals surface area contributed by atoms with Gasteiger partial charge in [-0.1, -0.05) is 12.1 Å². The van der Waals surface area contributed by atoms with E-state index in [0.717, 1.165) is 5.56 Å². The lowest BCUT2D eigenvalue weighted by atomic mass is 9.93. The maximum Gasteiger partial charge on any atom is 0.312 e. The minimum absolute atomic E-state index is 0.219. The Morgan fingerprint density at radius 1 is 1.33 bits per heavy atom. The molecule has 1 heterocycles. The molecule has 6 heteroatoms. The second-order valence-electron chi connectivity index (χ2n) is 4.61. The second kappa shape index (κ2) is 6.30. The van der Waals surface area contributed by atoms with Gasteiger partial charge in [-0.3, -0.25) is 4.79 Å². The Balaban J connectivity index is 2.35. The molecule has 21 heavy (non-hydrogen) atoms. The summed E-state index contributed by atoms with van der Waals surface area (Å²) in [6.45, 7) is 1.72. The van der Waals surface area contributed by atoms with Crippen LogP contribution in [0.3, 0.4) is 0 Å². The van der Waals surface area contributed by atoms with Crippen LogP contribution in [0, 0.1) is 12.7 Å². The summed E-state index contributed by atoms with van der Waals surface area (Å²) < 4.78 is 18.0. The molecule has 0 aliphatic carbocycles. The van der Waals surface area contributed by atoms with E-state index in [1.165, 1.54) is 25.6 Å². The van der Waals surface area contributed by atoms with Crippen LogP contribution >= 0.6 is 0 Å². The lowest BCUT2D eigenvalue weighted by molar-refractivity contribution is -0.138. The van der Waals surface area contributed by atoms with Gasteiger partial charge in [0.2, 0.25) is 5.88 Å². The number of benzene rings is 1. The first kappa shape index (κ1) is 14.9. The molecule has 1 aromatic heterocycles. The van der Waals surface area contributed by atoms with E-state index in [4.69, 9.17) is 4.74 Å². The highest BCUT2D eigenvalue weighted by molar-refractivity contribution is 5.76. The minimum atomic E-state index is -0.997. The Morgan fingerprint density at radius 3 is 2.57 bits per heavy atom. The zero-order valence-corrected chi connectivity index (χ0v) is 11.7. The topological polar surface area (TPSA) is 72.3 Å². The van der Waals surface area contributed by atoms with Crippen molar-refractivity contribution in [1.29, 1.82) is 0 Å². The van der Waals surface area contributed by atoms with Gasteiger partial charge in [-0.2, -0.15) is 0 Å². The van der Waals surface area contributed by atoms with E-state index in [9.17, 15) is 14.3 Å². The summed E-state index contributed by atoms with van der Waals surface area (Å²) in [7, 11) is 1.47. The Bertz CT molecular complexity index is 644. The number of carboxylic acid groups (broad SMARTS) is 1. The molecule has 0 saturated carbocycles. The van der Waals surface area contributed by atoms with E-state index in [2.05, 4.69) is 9.97 Å². The van der Waals surface area contributed by atoms with Crippen LogP contribution in [0.2, 0.25) is 0 Å². The van der Waals surface area contributed by atoms with Gasteiger partial charge in [0.1, 0.15) is 18.1 Å². The standard InChI is InChI=1S/C15H15FN2O3/c1-9-13(17-8-18-14(9)21-2)12(15(19)20)7-10-3-5-11(16)6-4-10/h3-6,8,12H,7H2,1-2H3,(H,19,20). The molecule has 1 unspecified atom stereocenters. The molecule has 2 aromatic rings. The average molecular weight is 290 g/mol. The number of rotatable bonds is 5. The van der Waals surface area contributed by atoms with Crippen molar-refractivity contribution in [1.82, 2.24) is 9.97 Å². The second-order valence-corrected chi connectivity index (χ2v) is 4.61. The number of aliphatic carboxylic acids is 1. The molecule has 0 radical (unpaired) electrons. The zero-order valence-electron chi connectivity index (χ0n) is 11.7. The highest BCUT2D eigenvalue weighted by atomic mass is 19.1. The molecule has 1 aromatic carbocycles. The van der Waals surface area contributed by atoms with E-state index in [0.29, 0.717) is 17.1 Å². The number of nitrogens with zero attached hydrogens (tertiary/aromatic N) is 2. The predicted molar refractivity (Wildman–Crippen MR) is 73.8 cm³/mol. The van der Waals surface area contributed by atoms with Gasteiger partial charge < -0.3 is 9.84 Å². The van der Waals surface area contributed by atoms with Crippen LogP contribution in [-0.2, 0) is 11.2 Å². The van der Waals surface area contributed by atoms with Gasteiger partial charge >= 0.3 is 5.97 Å². The number of hydrogen-bond acceptors (Lipinski definition) is 4. The lowest BCUT2D eigenvalue weighted by Crippen LogP contribution is -2.18. The van der Waals surface area contributed by atoms with Crippen molar-refractivity contribution in [2.75, 3.05) is 7.11 Å². The largest absolute Gasteiger partial charge is 0.481 e. The molecular formula is C15H15FN2O3. The Morgan fingerprint density at radius 2 is 2.00 bits per heavy atom. The number of aromatic nitrogens is 2. The maximum absolute atomic E-state index is 12.9. The molecule has 1 atom stereocenters. The van der Waals surface area contributed by atoms with Gasteiger partial charge in [-0.05, 0) is 31.0 Å². The average Bonchev–Trinajstić information content (AvgIpc) is 2.47. The van der Waals surface area contributed by atoms with Crippen molar-refractivity contribution in [2.24, 2.45) is 0 Å². The molecule has 0 aliphatic rings. The van der Waals surface area contributed by atoms with Crippen LogP contribution in [0.1, 0.15) is 22.7 Å². The number of carboxylic acids is 1. The summed E-state index contributed by atoms with van der Waals surface area (Å²) in [4.78, 5) is 19.6. The van der Waals surface area contributed by atoms with Crippen LogP contribution in [0.25, 0.3) is 0 Å². The normalized spacial score (nSPS) is 12.0. The van der Waals surface area contributed by atoms with Crippen LogP contribution in [0.4, 0.5) is 4.39 Å². The van der Waals surface area contributed by atoms with E-state index in [1.54, 1.807) is 19.1 Å². The molecule has 5 nitrogen and oxygen atoms in total. The highest BCUT2D eigenvalue weighted by Gasteiger charge is 2.25. The van der Waals surface area contributed by atoms with Crippen LogP contribution in [0.15, 0.2) is 30.6 Å². The van der Waals surface area contributed by atoms with Crippen molar-refractivity contribution in [3.05, 3.63) is 53.2 Å². The van der Waals surface area contributed by atoms with Crippen molar-refractivity contribution in [2.45, 2.75) is 19.3 Å². The summed E-state index contributed by atoms with van der Waals surface area (Å²) in [5.41, 5.74) is 1.72. The van der Waals surface area contributed by atoms with Crippen molar-refractivity contribution in [3.8, 4) is 5.88 Å². The fourth-order valence-corrected chi connectivity index (χ4v) is 2.16. The quantitative estimate of drug-likeness (QED) is 0.915. The lowest BCUT2D eigenvalue weighted by Gasteiger charge is -2.15. The van der Waals surface area contributed by atoms with Gasteiger partial charge in [0.05, 0.1) is 12.8 Å². The molecule has 1 N–H and O–H groups in total. The number of methoxy groups -OCH3 is 1. The molecule has 0 amide bonds. The molecule has 0 bridgehead atoms. The van der Waals surface area contributed by atoms with Gasteiger partial charge in [-0.25, -0.2) is 14.4 Å². The summed E-state index contributed by atoms with van der Waals surface area (Å²) in [5, 5.41) is 9.46. The number of hydrogen-bond donors (Lipinski definition) is 1. The Labute approximate surface area is 121 Å². The molecule has 0 saturated heterocycles. The first-order chi connectivity index (χ1) is 10.0. The predicted octanol–water partition coefficient (Wildman–Crippen LogP) is 2.34. The SMILES string of the molecule is COc1ncnc(C(Cc2ccc(F)cc2)C(=O)O)c1C. The molecule has 2 rings (SSSR count). The van der Waals surface area contributed by atoms with Crippen LogP contribution in [0.5, 0.6) is 5.88 Å². The van der Waals surface area contributed by atoms with Gasteiger partial charge in [0.25, 0.3) is 0 Å². The smallest absolute Gasteiger partial charge is 0.312 e. The fraction of sp³-hybridized carbons (Fsp3) is 0.267. The maximum atomic E-state index is 12.9. The first-order valence-electron chi connectivity index (χ1n) is 6.35. The van der Waals surface area contributed by atoms with E-state index in [-0.39, 0.29) is 12.2 Å². The molecule has 0 fully saturated rings. The van der Waals surface area contributed by atoms with E-state index >= 15 is 0 Å². The third kappa shape index (κ3) is 3.34. The van der Waals surface area contributed by atoms with Crippen molar-refractivity contribution in [3.63, 3.8) is 0 Å². The van der Waals surface area contributed by atoms with E-state index < -0.39 is 11.9 Å². The molecule has 0 aliphatic heterocycles. The molecule has 0 spiro atoms. The number of carbonyl (C=O) groups is 1. The summed E-state index contributed by atoms with van der Waals surface area (Å²) in [6.07, 6.45) is 1.50. The summed E-state index contributed by atoms with van der Waals surface area (Å²) in [5.74, 6) is -1.84. The molecular weight excluding hydrogens is 275 g/mol. The molecule has 110 valence electrons. The van der Waals surface area contributed by atoms with Gasteiger partial charge in [-0.15, -0.1) is 0 Å². The van der Waals surface area contributed by atoms with Gasteiger partial charge in [0.15, 0.2) is 0 Å². The summed E-state index contributed by atoms with van der Waals surface area (Å²) in [6, 6.07) is 5.75. The number of halogens is 1. The van der Waals surface area contributed by atoms with E-state index in [1.807, 2.05) is 0 Å². The highest BCUT2D eigenvalue weighted by Crippen LogP contribution is 2.26. The summed E-state index contributed by atoms with van der Waals surface area (Å²) >= 11 is 0. The van der Waals surface area contributed by atoms with Crippen LogP contribution < -0.4 is 4.74 Å². The Kier molecular flexibility index (Phi) is 4.47. The van der Waals surface area contributed by atoms with Gasteiger partial charge in [0, 0.05) is 5.56 Å². The first-order valence-corrected chi connectivity index (χ1v) is 6.35.